The molecule has 3 N–H and O–H groups in total. The Morgan fingerprint density at radius 3 is 1.59 bits per heavy atom. The molecule has 0 aromatic carbocycles. The van der Waals surface area contributed by atoms with Crippen molar-refractivity contribution in [3.63, 3.8) is 0 Å². The molecule has 0 unspecified atom stereocenters. The average Bonchev–Trinajstić information content (AvgIpc) is 2.29. The van der Waals surface area contributed by atoms with Crippen molar-refractivity contribution in [2.45, 2.75) is 52.1 Å². The molecular formula is C12H24O5. The minimum atomic E-state index is -0.954. The van der Waals surface area contributed by atoms with Gasteiger partial charge in [0.15, 0.2) is 0 Å². The van der Waals surface area contributed by atoms with Crippen molar-refractivity contribution in [3.8, 4) is 0 Å². The molecule has 0 radical (unpaired) electrons. The zero-order chi connectivity index (χ0) is 13.7. The van der Waals surface area contributed by atoms with E-state index in [1.165, 1.54) is 20.3 Å². The Kier molecular flexibility index (Phi) is 14.5. The van der Waals surface area contributed by atoms with Gasteiger partial charge in [0.25, 0.3) is 0 Å². The van der Waals surface area contributed by atoms with Crippen molar-refractivity contribution in [1.29, 1.82) is 0 Å². The maximum Gasteiger partial charge on any atom is 0.132 e. The largest absolute Gasteiger partial charge is 0.394 e. The highest BCUT2D eigenvalue weighted by Crippen LogP contribution is 2.12. The first-order valence-electron chi connectivity index (χ1n) is 5.82. The van der Waals surface area contributed by atoms with Gasteiger partial charge in [0, 0.05) is 12.8 Å². The molecule has 1 rings (SSSR count). The van der Waals surface area contributed by atoms with Crippen LogP contribution in [0.3, 0.4) is 0 Å². The Hall–Kier alpha value is -0.780. The van der Waals surface area contributed by atoms with E-state index >= 15 is 0 Å². The van der Waals surface area contributed by atoms with Crippen molar-refractivity contribution in [3.05, 3.63) is 0 Å². The van der Waals surface area contributed by atoms with E-state index in [2.05, 4.69) is 0 Å². The molecule has 102 valence electrons. The topological polar surface area (TPSA) is 94.8 Å². The molecule has 0 saturated heterocycles. The van der Waals surface area contributed by atoms with Gasteiger partial charge in [0.2, 0.25) is 0 Å². The molecule has 1 fully saturated rings. The molecule has 17 heavy (non-hydrogen) atoms. The maximum absolute atomic E-state index is 10.5. The highest BCUT2D eigenvalue weighted by Gasteiger charge is 2.05. The first-order chi connectivity index (χ1) is 7.93. The number of ketones is 2. The van der Waals surface area contributed by atoms with Crippen molar-refractivity contribution in [2.75, 3.05) is 13.2 Å². The van der Waals surface area contributed by atoms with E-state index in [1.54, 1.807) is 0 Å². The second kappa shape index (κ2) is 13.3. The van der Waals surface area contributed by atoms with Crippen LogP contribution in [0.15, 0.2) is 0 Å². The lowest BCUT2D eigenvalue weighted by Crippen LogP contribution is -2.15. The van der Waals surface area contributed by atoms with E-state index in [0.717, 1.165) is 25.7 Å². The monoisotopic (exact) mass is 248 g/mol. The Morgan fingerprint density at radius 2 is 1.47 bits per heavy atom. The van der Waals surface area contributed by atoms with Crippen molar-refractivity contribution >= 4 is 11.6 Å². The van der Waals surface area contributed by atoms with Crippen LogP contribution in [0.1, 0.15) is 46.0 Å². The number of carbonyl (C=O) groups is 2. The average molecular weight is 248 g/mol. The normalized spacial score (nSPS) is 14.4. The van der Waals surface area contributed by atoms with Gasteiger partial charge >= 0.3 is 0 Å². The lowest BCUT2D eigenvalue weighted by atomic mass is 10.00. The smallest absolute Gasteiger partial charge is 0.132 e. The fourth-order valence-electron chi connectivity index (χ4n) is 1.00. The highest BCUT2D eigenvalue weighted by molar-refractivity contribution is 5.78. The number of rotatable bonds is 2. The standard InChI is InChI=1S/C6H10O.C3H8O3.C3H6O/c7-6-4-2-1-3-5-6;4-1-3(6)2-5;1-3(2)4/h1-5H2;3-6H,1-2H2;1-2H3. The van der Waals surface area contributed by atoms with Gasteiger partial charge in [-0.1, -0.05) is 6.42 Å². The molecule has 0 amide bonds. The summed E-state index contributed by atoms with van der Waals surface area (Å²) in [6.07, 6.45) is 4.29. The Balaban J connectivity index is 0. The fourth-order valence-corrected chi connectivity index (χ4v) is 1.00. The van der Waals surface area contributed by atoms with Crippen LogP contribution in [-0.2, 0) is 9.59 Å². The lowest BCUT2D eigenvalue weighted by molar-refractivity contribution is -0.120. The zero-order valence-electron chi connectivity index (χ0n) is 10.7. The number of aliphatic hydroxyl groups excluding tert-OH is 3. The molecule has 0 heterocycles. The Morgan fingerprint density at radius 1 is 1.12 bits per heavy atom. The molecule has 0 bridgehead atoms. The van der Waals surface area contributed by atoms with Crippen molar-refractivity contribution in [1.82, 2.24) is 0 Å². The zero-order valence-corrected chi connectivity index (χ0v) is 10.7. The van der Waals surface area contributed by atoms with Crippen molar-refractivity contribution in [2.24, 2.45) is 0 Å². The third-order valence-electron chi connectivity index (χ3n) is 1.83. The van der Waals surface area contributed by atoms with Crippen LogP contribution < -0.4 is 0 Å². The number of Topliss-reactive ketones (excluding diaryl/α,β-unsaturated/α-hetero) is 2. The van der Waals surface area contributed by atoms with Crippen LogP contribution in [0.25, 0.3) is 0 Å². The number of carbonyl (C=O) groups excluding carboxylic acids is 2. The van der Waals surface area contributed by atoms with E-state index in [-0.39, 0.29) is 19.0 Å². The van der Waals surface area contributed by atoms with Gasteiger partial charge in [-0.2, -0.15) is 0 Å². The first-order valence-corrected chi connectivity index (χ1v) is 5.82. The summed E-state index contributed by atoms with van der Waals surface area (Å²) in [6, 6.07) is 0. The minimum absolute atomic E-state index is 0.167. The summed E-state index contributed by atoms with van der Waals surface area (Å²) in [5, 5.41) is 24.0. The van der Waals surface area contributed by atoms with E-state index in [0.29, 0.717) is 5.78 Å². The van der Waals surface area contributed by atoms with E-state index < -0.39 is 6.10 Å². The van der Waals surface area contributed by atoms with E-state index in [1.807, 2.05) is 0 Å². The quantitative estimate of drug-likeness (QED) is 0.659. The number of aliphatic hydroxyl groups is 3. The summed E-state index contributed by atoms with van der Waals surface area (Å²) in [4.78, 5) is 19.9. The van der Waals surface area contributed by atoms with Gasteiger partial charge < -0.3 is 20.1 Å². The molecule has 0 aliphatic heterocycles. The number of hydrogen-bond donors (Lipinski definition) is 3. The molecule has 5 nitrogen and oxygen atoms in total. The second-order valence-corrected chi connectivity index (χ2v) is 4.03. The Labute approximate surface area is 102 Å². The van der Waals surface area contributed by atoms with Gasteiger partial charge in [0.05, 0.1) is 13.2 Å². The summed E-state index contributed by atoms with van der Waals surface area (Å²) in [5.41, 5.74) is 0. The predicted molar refractivity (Wildman–Crippen MR) is 64.6 cm³/mol. The van der Waals surface area contributed by atoms with Crippen LogP contribution in [0.2, 0.25) is 0 Å². The maximum atomic E-state index is 10.5. The summed E-state index contributed by atoms with van der Waals surface area (Å²) in [6.45, 7) is 2.33. The summed E-state index contributed by atoms with van der Waals surface area (Å²) >= 11 is 0. The van der Waals surface area contributed by atoms with Crippen LogP contribution >= 0.6 is 0 Å². The summed E-state index contributed by atoms with van der Waals surface area (Å²) in [5.74, 6) is 0.631. The van der Waals surface area contributed by atoms with E-state index in [4.69, 9.17) is 15.3 Å². The molecule has 5 heteroatoms. The Bertz CT molecular complexity index is 187. The molecule has 0 spiro atoms. The minimum Gasteiger partial charge on any atom is -0.394 e. The molecule has 0 aromatic rings. The predicted octanol–water partition coefficient (Wildman–Crippen LogP) is 0.447. The van der Waals surface area contributed by atoms with Crippen LogP contribution in [-0.4, -0.2) is 46.2 Å². The van der Waals surface area contributed by atoms with E-state index in [9.17, 15) is 9.59 Å². The molecule has 1 aliphatic rings. The third kappa shape index (κ3) is 21.1. The van der Waals surface area contributed by atoms with Crippen LogP contribution in [0.5, 0.6) is 0 Å². The molecule has 1 saturated carbocycles. The van der Waals surface area contributed by atoms with Gasteiger partial charge in [-0.25, -0.2) is 0 Å². The molecule has 1 aliphatic carbocycles. The van der Waals surface area contributed by atoms with Gasteiger partial charge in [-0.15, -0.1) is 0 Å². The summed E-state index contributed by atoms with van der Waals surface area (Å²) < 4.78 is 0. The summed E-state index contributed by atoms with van der Waals surface area (Å²) in [7, 11) is 0. The highest BCUT2D eigenvalue weighted by atomic mass is 16.3. The van der Waals surface area contributed by atoms with Crippen molar-refractivity contribution < 1.29 is 24.9 Å². The van der Waals surface area contributed by atoms with Gasteiger partial charge in [-0.05, 0) is 26.7 Å². The molecular weight excluding hydrogens is 224 g/mol. The second-order valence-electron chi connectivity index (χ2n) is 4.03. The van der Waals surface area contributed by atoms with Crippen LogP contribution in [0, 0.1) is 0 Å². The molecule has 0 aromatic heterocycles. The number of hydrogen-bond acceptors (Lipinski definition) is 5. The fraction of sp³-hybridized carbons (Fsp3) is 0.833. The molecule has 0 atom stereocenters. The van der Waals surface area contributed by atoms with Crippen LogP contribution in [0.4, 0.5) is 0 Å². The van der Waals surface area contributed by atoms with Gasteiger partial charge in [0.1, 0.15) is 17.7 Å². The van der Waals surface area contributed by atoms with Gasteiger partial charge in [-0.3, -0.25) is 4.79 Å². The SMILES string of the molecule is CC(C)=O.O=C1CCCCC1.OCC(O)CO. The third-order valence-corrected chi connectivity index (χ3v) is 1.83. The first kappa shape index (κ1) is 18.6. The lowest BCUT2D eigenvalue weighted by Gasteiger charge is -2.05.